The number of anilines is 1. The Balaban J connectivity index is 1.98. The van der Waals surface area contributed by atoms with Crippen molar-refractivity contribution >= 4 is 11.6 Å². The fraction of sp³-hybridized carbons (Fsp3) is 0.533. The molecule has 1 heterocycles. The largest absolute Gasteiger partial charge is 0.416 e. The van der Waals surface area contributed by atoms with Gasteiger partial charge in [-0.15, -0.1) is 0 Å². The number of rotatable bonds is 1. The third-order valence-electron chi connectivity index (χ3n) is 4.46. The van der Waals surface area contributed by atoms with Crippen molar-refractivity contribution in [2.75, 3.05) is 5.32 Å². The number of hydrogen-bond donors (Lipinski definition) is 1. The van der Waals surface area contributed by atoms with Gasteiger partial charge >= 0.3 is 6.18 Å². The number of nitrogens with one attached hydrogen (secondary N) is 1. The molecule has 1 fully saturated rings. The maximum absolute atomic E-state index is 12.8. The monoisotopic (exact) mass is 283 g/mol. The van der Waals surface area contributed by atoms with E-state index in [2.05, 4.69) is 12.2 Å². The predicted octanol–water partition coefficient (Wildman–Crippen LogP) is 4.18. The number of halogens is 3. The van der Waals surface area contributed by atoms with Gasteiger partial charge in [-0.3, -0.25) is 4.79 Å². The smallest absolute Gasteiger partial charge is 0.325 e. The molecule has 1 aliphatic heterocycles. The molecule has 1 aromatic rings. The van der Waals surface area contributed by atoms with Crippen LogP contribution in [-0.4, -0.2) is 5.91 Å². The van der Waals surface area contributed by atoms with Gasteiger partial charge in [0.2, 0.25) is 5.91 Å². The summed E-state index contributed by atoms with van der Waals surface area (Å²) in [4.78, 5) is 12.1. The first-order valence-corrected chi connectivity index (χ1v) is 6.88. The van der Waals surface area contributed by atoms with Crippen molar-refractivity contribution in [3.8, 4) is 0 Å². The number of fused-ring (bicyclic) bond motifs is 1. The molecule has 0 saturated heterocycles. The zero-order chi connectivity index (χ0) is 14.5. The van der Waals surface area contributed by atoms with Crippen molar-refractivity contribution in [1.29, 1.82) is 0 Å². The van der Waals surface area contributed by atoms with Crippen LogP contribution in [0.4, 0.5) is 18.9 Å². The van der Waals surface area contributed by atoms with E-state index < -0.39 is 17.7 Å². The number of carbonyl (C=O) groups excluding carboxylic acids is 1. The molecule has 20 heavy (non-hydrogen) atoms. The summed E-state index contributed by atoms with van der Waals surface area (Å²) in [5, 5.41) is 2.71. The number of carbonyl (C=O) groups is 1. The van der Waals surface area contributed by atoms with Crippen LogP contribution in [0.5, 0.6) is 0 Å². The highest BCUT2D eigenvalue weighted by atomic mass is 19.4. The molecular formula is C15H16F3NO. The molecular weight excluding hydrogens is 267 g/mol. The quantitative estimate of drug-likeness (QED) is 0.823. The number of alkyl halides is 3. The van der Waals surface area contributed by atoms with Crippen LogP contribution in [0.2, 0.25) is 0 Å². The van der Waals surface area contributed by atoms with E-state index in [4.69, 9.17) is 0 Å². The molecule has 2 nitrogen and oxygen atoms in total. The van der Waals surface area contributed by atoms with E-state index in [1.807, 2.05) is 0 Å². The molecule has 3 atom stereocenters. The minimum Gasteiger partial charge on any atom is -0.325 e. The summed E-state index contributed by atoms with van der Waals surface area (Å²) < 4.78 is 38.4. The summed E-state index contributed by atoms with van der Waals surface area (Å²) in [7, 11) is 0. The first-order chi connectivity index (χ1) is 9.36. The molecule has 0 aromatic heterocycles. The molecule has 2 aliphatic rings. The first kappa shape index (κ1) is 13.5. The maximum atomic E-state index is 12.8. The Bertz CT molecular complexity index is 553. The van der Waals surface area contributed by atoms with Crippen molar-refractivity contribution in [3.63, 3.8) is 0 Å². The van der Waals surface area contributed by atoms with E-state index in [0.29, 0.717) is 17.2 Å². The molecule has 1 aromatic carbocycles. The predicted molar refractivity (Wildman–Crippen MR) is 69.3 cm³/mol. The highest BCUT2D eigenvalue weighted by Gasteiger charge is 2.41. The number of benzene rings is 1. The molecule has 0 radical (unpaired) electrons. The Morgan fingerprint density at radius 2 is 2.00 bits per heavy atom. The normalized spacial score (nSPS) is 29.4. The Hall–Kier alpha value is -1.52. The van der Waals surface area contributed by atoms with E-state index in [9.17, 15) is 18.0 Å². The highest BCUT2D eigenvalue weighted by Crippen LogP contribution is 2.47. The SMILES string of the molecule is CC1CCC(C2C(=O)Nc3ccc(C(F)(F)F)cc32)C1. The van der Waals surface area contributed by atoms with Gasteiger partial charge in [-0.1, -0.05) is 13.3 Å². The van der Waals surface area contributed by atoms with Gasteiger partial charge in [-0.05, 0) is 48.4 Å². The van der Waals surface area contributed by atoms with Crippen molar-refractivity contribution in [2.45, 2.75) is 38.3 Å². The number of hydrogen-bond acceptors (Lipinski definition) is 1. The summed E-state index contributed by atoms with van der Waals surface area (Å²) in [6.07, 6.45) is -1.50. The average molecular weight is 283 g/mol. The van der Waals surface area contributed by atoms with E-state index in [0.717, 1.165) is 31.4 Å². The molecule has 1 saturated carbocycles. The molecule has 0 bridgehead atoms. The molecule has 3 rings (SSSR count). The van der Waals surface area contributed by atoms with Crippen molar-refractivity contribution < 1.29 is 18.0 Å². The van der Waals surface area contributed by atoms with Crippen LogP contribution in [0.25, 0.3) is 0 Å². The first-order valence-electron chi connectivity index (χ1n) is 6.88. The summed E-state index contributed by atoms with van der Waals surface area (Å²) in [6, 6.07) is 3.54. The van der Waals surface area contributed by atoms with Gasteiger partial charge in [0.15, 0.2) is 0 Å². The van der Waals surface area contributed by atoms with E-state index in [1.54, 1.807) is 0 Å². The van der Waals surface area contributed by atoms with Crippen LogP contribution >= 0.6 is 0 Å². The van der Waals surface area contributed by atoms with Gasteiger partial charge in [-0.25, -0.2) is 0 Å². The molecule has 0 spiro atoms. The fourth-order valence-corrected chi connectivity index (χ4v) is 3.48. The third-order valence-corrected chi connectivity index (χ3v) is 4.46. The zero-order valence-corrected chi connectivity index (χ0v) is 11.1. The van der Waals surface area contributed by atoms with Crippen LogP contribution in [0.1, 0.15) is 43.2 Å². The van der Waals surface area contributed by atoms with Crippen molar-refractivity contribution in [3.05, 3.63) is 29.3 Å². The van der Waals surface area contributed by atoms with Gasteiger partial charge in [0, 0.05) is 5.69 Å². The van der Waals surface area contributed by atoms with E-state index >= 15 is 0 Å². The lowest BCUT2D eigenvalue weighted by Gasteiger charge is -2.18. The van der Waals surface area contributed by atoms with Crippen LogP contribution in [0.15, 0.2) is 18.2 Å². The van der Waals surface area contributed by atoms with Crippen molar-refractivity contribution in [2.24, 2.45) is 11.8 Å². The second-order valence-electron chi connectivity index (χ2n) is 5.95. The van der Waals surface area contributed by atoms with Crippen LogP contribution in [0, 0.1) is 11.8 Å². The topological polar surface area (TPSA) is 29.1 Å². The van der Waals surface area contributed by atoms with Crippen molar-refractivity contribution in [1.82, 2.24) is 0 Å². The second-order valence-corrected chi connectivity index (χ2v) is 5.95. The fourth-order valence-electron chi connectivity index (χ4n) is 3.48. The minimum atomic E-state index is -4.37. The van der Waals surface area contributed by atoms with Crippen LogP contribution in [0.3, 0.4) is 0 Å². The molecule has 1 amide bonds. The highest BCUT2D eigenvalue weighted by molar-refractivity contribution is 6.03. The Morgan fingerprint density at radius 3 is 2.60 bits per heavy atom. The molecule has 5 heteroatoms. The summed E-state index contributed by atoms with van der Waals surface area (Å²) in [5.41, 5.74) is 0.375. The summed E-state index contributed by atoms with van der Waals surface area (Å²) in [6.45, 7) is 2.12. The molecule has 1 aliphatic carbocycles. The Morgan fingerprint density at radius 1 is 1.25 bits per heavy atom. The van der Waals surface area contributed by atoms with Crippen LogP contribution < -0.4 is 5.32 Å². The van der Waals surface area contributed by atoms with Gasteiger partial charge in [-0.2, -0.15) is 13.2 Å². The summed E-state index contributed by atoms with van der Waals surface area (Å²) in [5.74, 6) is 0.132. The molecule has 1 N–H and O–H groups in total. The lowest BCUT2D eigenvalue weighted by atomic mass is 9.85. The zero-order valence-electron chi connectivity index (χ0n) is 11.1. The average Bonchev–Trinajstić information content (AvgIpc) is 2.89. The van der Waals surface area contributed by atoms with Gasteiger partial charge < -0.3 is 5.32 Å². The second kappa shape index (κ2) is 4.50. The lowest BCUT2D eigenvalue weighted by molar-refractivity contribution is -0.137. The maximum Gasteiger partial charge on any atom is 0.416 e. The van der Waals surface area contributed by atoms with Gasteiger partial charge in [0.05, 0.1) is 11.5 Å². The Kier molecular flexibility index (Phi) is 3.03. The minimum absolute atomic E-state index is 0.154. The Labute approximate surface area is 115 Å². The third kappa shape index (κ3) is 2.19. The van der Waals surface area contributed by atoms with Gasteiger partial charge in [0.25, 0.3) is 0 Å². The van der Waals surface area contributed by atoms with E-state index in [1.165, 1.54) is 6.07 Å². The number of amides is 1. The summed E-state index contributed by atoms with van der Waals surface area (Å²) >= 11 is 0. The standard InChI is InChI=1S/C15H16F3NO/c1-8-2-3-9(6-8)13-11-7-10(15(16,17)18)4-5-12(11)19-14(13)20/h4-5,7-9,13H,2-3,6H2,1H3,(H,19,20). The van der Waals surface area contributed by atoms with E-state index in [-0.39, 0.29) is 11.8 Å². The lowest BCUT2D eigenvalue weighted by Crippen LogP contribution is -2.19. The molecule has 108 valence electrons. The van der Waals surface area contributed by atoms with Gasteiger partial charge in [0.1, 0.15) is 0 Å². The van der Waals surface area contributed by atoms with Crippen LogP contribution in [-0.2, 0) is 11.0 Å². The molecule has 3 unspecified atom stereocenters.